The van der Waals surface area contributed by atoms with Crippen molar-refractivity contribution in [3.05, 3.63) is 35.9 Å². The van der Waals surface area contributed by atoms with Crippen molar-refractivity contribution in [3.8, 4) is 0 Å². The van der Waals surface area contributed by atoms with Crippen molar-refractivity contribution in [2.75, 3.05) is 20.6 Å². The molecule has 2 unspecified atom stereocenters. The summed E-state index contributed by atoms with van der Waals surface area (Å²) < 4.78 is 6.47. The highest BCUT2D eigenvalue weighted by Gasteiger charge is 2.49. The predicted molar refractivity (Wildman–Crippen MR) is 113 cm³/mol. The zero-order valence-corrected chi connectivity index (χ0v) is 17.8. The Morgan fingerprint density at radius 3 is 2.37 bits per heavy atom. The average Bonchev–Trinajstić information content (AvgIpc) is 2.64. The molecule has 3 rings (SSSR count). The maximum atomic E-state index is 12.9. The van der Waals surface area contributed by atoms with E-state index in [1.807, 2.05) is 30.3 Å². The Morgan fingerprint density at radius 1 is 1.04 bits per heavy atom. The van der Waals surface area contributed by atoms with Crippen LogP contribution in [0.1, 0.15) is 63.4 Å². The van der Waals surface area contributed by atoms with E-state index in [1.54, 1.807) is 0 Å². The lowest BCUT2D eigenvalue weighted by atomic mass is 9.64. The quantitative estimate of drug-likeness (QED) is 0.617. The zero-order chi connectivity index (χ0) is 18.4. The molecule has 0 spiro atoms. The molecule has 2 aliphatic rings. The molecule has 1 aromatic carbocycles. The molecule has 0 aliphatic heterocycles. The van der Waals surface area contributed by atoms with Gasteiger partial charge in [0.2, 0.25) is 0 Å². The fraction of sp³-hybridized carbons (Fsp3) is 0.696. The highest BCUT2D eigenvalue weighted by molar-refractivity contribution is 5.85. The summed E-state index contributed by atoms with van der Waals surface area (Å²) in [5.74, 6) is 0.975. The van der Waals surface area contributed by atoms with Crippen LogP contribution in [0.3, 0.4) is 0 Å². The third kappa shape index (κ3) is 5.71. The number of hydrogen-bond donors (Lipinski definition) is 0. The molecule has 1 aromatic rings. The molecule has 0 N–H and O–H groups in total. The maximum absolute atomic E-state index is 12.9. The van der Waals surface area contributed by atoms with E-state index in [0.717, 1.165) is 18.5 Å². The minimum Gasteiger partial charge on any atom is -0.458 e. The summed E-state index contributed by atoms with van der Waals surface area (Å²) in [6.45, 7) is 1.02. The molecule has 0 amide bonds. The lowest BCUT2D eigenvalue weighted by Crippen LogP contribution is -2.54. The number of hydrogen-bond acceptors (Lipinski definition) is 3. The van der Waals surface area contributed by atoms with Crippen LogP contribution < -0.4 is 0 Å². The van der Waals surface area contributed by atoms with Gasteiger partial charge in [-0.2, -0.15) is 0 Å². The van der Waals surface area contributed by atoms with Crippen LogP contribution in [0.4, 0.5) is 0 Å². The number of carbonyl (C=O) groups is 1. The molecular formula is C23H36ClNO2. The molecule has 27 heavy (non-hydrogen) atoms. The van der Waals surface area contributed by atoms with Crippen LogP contribution in [0.15, 0.2) is 30.3 Å². The van der Waals surface area contributed by atoms with Gasteiger partial charge in [-0.1, -0.05) is 56.0 Å². The van der Waals surface area contributed by atoms with E-state index in [0.29, 0.717) is 18.3 Å². The van der Waals surface area contributed by atoms with Crippen LogP contribution in [-0.2, 0) is 16.0 Å². The van der Waals surface area contributed by atoms with E-state index < -0.39 is 0 Å². The number of benzene rings is 1. The average molecular weight is 394 g/mol. The first kappa shape index (κ1) is 22.2. The second-order valence-corrected chi connectivity index (χ2v) is 8.63. The van der Waals surface area contributed by atoms with Crippen molar-refractivity contribution < 1.29 is 9.53 Å². The van der Waals surface area contributed by atoms with Crippen LogP contribution >= 0.6 is 12.4 Å². The first-order valence-corrected chi connectivity index (χ1v) is 10.5. The number of carbonyl (C=O) groups excluding carboxylic acids is 1. The molecule has 2 atom stereocenters. The van der Waals surface area contributed by atoms with Crippen LogP contribution in [0.25, 0.3) is 0 Å². The van der Waals surface area contributed by atoms with Gasteiger partial charge in [0.1, 0.15) is 5.60 Å². The summed E-state index contributed by atoms with van der Waals surface area (Å²) in [5, 5.41) is 0. The second-order valence-electron chi connectivity index (χ2n) is 8.63. The van der Waals surface area contributed by atoms with Crippen molar-refractivity contribution in [1.29, 1.82) is 0 Å². The van der Waals surface area contributed by atoms with Gasteiger partial charge in [0.05, 0.1) is 6.42 Å². The van der Waals surface area contributed by atoms with Gasteiger partial charge in [0.25, 0.3) is 0 Å². The van der Waals surface area contributed by atoms with Crippen molar-refractivity contribution in [3.63, 3.8) is 0 Å². The summed E-state index contributed by atoms with van der Waals surface area (Å²) in [7, 11) is 4.29. The summed E-state index contributed by atoms with van der Waals surface area (Å²) in [6, 6.07) is 10.0. The molecule has 2 fully saturated rings. The van der Waals surface area contributed by atoms with Crippen molar-refractivity contribution in [1.82, 2.24) is 4.90 Å². The molecule has 2 aliphatic carbocycles. The number of rotatable bonds is 6. The fourth-order valence-electron chi connectivity index (χ4n) is 5.28. The minimum absolute atomic E-state index is 0. The largest absolute Gasteiger partial charge is 0.458 e. The molecule has 2 saturated carbocycles. The first-order chi connectivity index (χ1) is 12.6. The molecule has 0 aromatic heterocycles. The Kier molecular flexibility index (Phi) is 8.62. The molecule has 4 heteroatoms. The topological polar surface area (TPSA) is 29.5 Å². The van der Waals surface area contributed by atoms with Crippen molar-refractivity contribution >= 4 is 18.4 Å². The van der Waals surface area contributed by atoms with Crippen LogP contribution in [0, 0.1) is 11.8 Å². The van der Waals surface area contributed by atoms with E-state index in [2.05, 4.69) is 19.0 Å². The highest BCUT2D eigenvalue weighted by Crippen LogP contribution is 2.47. The van der Waals surface area contributed by atoms with Gasteiger partial charge in [0.15, 0.2) is 0 Å². The molecule has 0 heterocycles. The third-order valence-corrected chi connectivity index (χ3v) is 6.44. The Morgan fingerprint density at radius 2 is 1.70 bits per heavy atom. The number of ether oxygens (including phenoxy) is 1. The third-order valence-electron chi connectivity index (χ3n) is 6.44. The lowest BCUT2D eigenvalue weighted by Gasteiger charge is -2.50. The molecule has 0 saturated heterocycles. The summed E-state index contributed by atoms with van der Waals surface area (Å²) in [6.07, 6.45) is 11.5. The normalized spacial score (nSPS) is 26.4. The number of halogens is 1. The molecular weight excluding hydrogens is 358 g/mol. The second kappa shape index (κ2) is 10.5. The van der Waals surface area contributed by atoms with Crippen molar-refractivity contribution in [2.45, 2.75) is 69.8 Å². The Bertz CT molecular complexity index is 571. The van der Waals surface area contributed by atoms with E-state index >= 15 is 0 Å². The lowest BCUT2D eigenvalue weighted by molar-refractivity contribution is -0.185. The monoisotopic (exact) mass is 393 g/mol. The van der Waals surface area contributed by atoms with E-state index in [9.17, 15) is 4.79 Å². The molecule has 0 radical (unpaired) electrons. The van der Waals surface area contributed by atoms with Gasteiger partial charge in [0, 0.05) is 12.5 Å². The van der Waals surface area contributed by atoms with Gasteiger partial charge in [-0.05, 0) is 57.7 Å². The Balaban J connectivity index is 0.00000261. The zero-order valence-electron chi connectivity index (χ0n) is 17.0. The molecule has 152 valence electrons. The Labute approximate surface area is 171 Å². The van der Waals surface area contributed by atoms with E-state index in [1.165, 1.54) is 51.4 Å². The number of nitrogens with zero attached hydrogens (tertiary/aromatic N) is 1. The van der Waals surface area contributed by atoms with Crippen LogP contribution in [0.5, 0.6) is 0 Å². The van der Waals surface area contributed by atoms with E-state index in [4.69, 9.17) is 4.74 Å². The standard InChI is InChI=1S/C23H35NO2.ClH/c1-24(2)18-21-15-9-10-16-23(21,20-13-7-4-8-14-20)26-22(25)17-19-11-5-3-6-12-19;/h3,5-6,11-12,20-21H,4,7-10,13-18H2,1-2H3;1H. The molecule has 3 nitrogen and oxygen atoms in total. The van der Waals surface area contributed by atoms with Gasteiger partial charge in [-0.15, -0.1) is 12.4 Å². The van der Waals surface area contributed by atoms with Gasteiger partial charge >= 0.3 is 5.97 Å². The smallest absolute Gasteiger partial charge is 0.310 e. The van der Waals surface area contributed by atoms with Crippen molar-refractivity contribution in [2.24, 2.45) is 11.8 Å². The van der Waals surface area contributed by atoms with Crippen LogP contribution in [0.2, 0.25) is 0 Å². The SMILES string of the molecule is CN(C)CC1CCCCC1(OC(=O)Cc1ccccc1)C1CCCCC1.Cl. The van der Waals surface area contributed by atoms with Gasteiger partial charge < -0.3 is 9.64 Å². The minimum atomic E-state index is -0.241. The summed E-state index contributed by atoms with van der Waals surface area (Å²) in [4.78, 5) is 15.2. The van der Waals surface area contributed by atoms with Gasteiger partial charge in [-0.25, -0.2) is 0 Å². The summed E-state index contributed by atoms with van der Waals surface area (Å²) in [5.41, 5.74) is 0.811. The predicted octanol–water partition coefficient (Wildman–Crippen LogP) is 5.27. The maximum Gasteiger partial charge on any atom is 0.310 e. The van der Waals surface area contributed by atoms with Gasteiger partial charge in [-0.3, -0.25) is 4.79 Å². The van der Waals surface area contributed by atoms with E-state index in [-0.39, 0.29) is 24.0 Å². The summed E-state index contributed by atoms with van der Waals surface area (Å²) >= 11 is 0. The fourth-order valence-corrected chi connectivity index (χ4v) is 5.28. The highest BCUT2D eigenvalue weighted by atomic mass is 35.5. The number of esters is 1. The first-order valence-electron chi connectivity index (χ1n) is 10.5. The Hall–Kier alpha value is -1.06. The molecule has 0 bridgehead atoms. The van der Waals surface area contributed by atoms with Crippen LogP contribution in [-0.4, -0.2) is 37.1 Å².